The van der Waals surface area contributed by atoms with Gasteiger partial charge in [0, 0.05) is 10.2 Å². The van der Waals surface area contributed by atoms with Gasteiger partial charge in [-0.15, -0.1) is 0 Å². The average molecular weight is 205 g/mol. The van der Waals surface area contributed by atoms with Crippen molar-refractivity contribution in [2.45, 2.75) is 12.5 Å². The zero-order valence-electron chi connectivity index (χ0n) is 6.57. The second-order valence-electron chi connectivity index (χ2n) is 2.80. The van der Waals surface area contributed by atoms with Crippen LogP contribution in [0.2, 0.25) is 10.0 Å². The fourth-order valence-corrected chi connectivity index (χ4v) is 2.16. The number of halogens is 2. The summed E-state index contributed by atoms with van der Waals surface area (Å²) in [7, 11) is 1.11. The molecule has 0 saturated carbocycles. The van der Waals surface area contributed by atoms with E-state index in [1.54, 1.807) is 0 Å². The molecule has 1 aromatic carbocycles. The maximum atomic E-state index is 5.98. The number of hydrogen-bond donors (Lipinski definition) is 0. The second kappa shape index (κ2) is 3.61. The molecule has 11 heavy (non-hydrogen) atoms. The van der Waals surface area contributed by atoms with Crippen LogP contribution in [0.3, 0.4) is 0 Å². The van der Waals surface area contributed by atoms with Crippen molar-refractivity contribution in [2.75, 3.05) is 0 Å². The summed E-state index contributed by atoms with van der Waals surface area (Å²) >= 11 is 11.8. The van der Waals surface area contributed by atoms with Gasteiger partial charge in [-0.25, -0.2) is 0 Å². The highest BCUT2D eigenvalue weighted by Crippen LogP contribution is 2.29. The van der Waals surface area contributed by atoms with Crippen LogP contribution in [0.1, 0.15) is 18.0 Å². The van der Waals surface area contributed by atoms with Crippen LogP contribution >= 0.6 is 23.2 Å². The number of rotatable bonds is 1. The average Bonchev–Trinajstić information content (AvgIpc) is 1.94. The van der Waals surface area contributed by atoms with Crippen molar-refractivity contribution in [3.05, 3.63) is 33.8 Å². The highest BCUT2D eigenvalue weighted by molar-refractivity contribution is 6.42. The molecule has 0 nitrogen and oxygen atoms in total. The molecular weight excluding hydrogens is 195 g/mol. The Morgan fingerprint density at radius 2 is 2.00 bits per heavy atom. The normalized spacial score (nSPS) is 13.4. The van der Waals surface area contributed by atoms with Gasteiger partial charge in [-0.3, -0.25) is 0 Å². The predicted octanol–water partition coefficient (Wildman–Crippen LogP) is 2.42. The molecule has 0 bridgehead atoms. The van der Waals surface area contributed by atoms with Gasteiger partial charge in [0.05, 0.1) is 10.0 Å². The SMILES string of the molecule is CC([SiH3])c1cccc(Cl)c1Cl. The van der Waals surface area contributed by atoms with Crippen molar-refractivity contribution in [3.63, 3.8) is 0 Å². The minimum absolute atomic E-state index is 0.571. The van der Waals surface area contributed by atoms with Gasteiger partial charge in [0.1, 0.15) is 0 Å². The Bertz CT molecular complexity index is 258. The predicted molar refractivity (Wildman–Crippen MR) is 54.8 cm³/mol. The van der Waals surface area contributed by atoms with Gasteiger partial charge in [0.2, 0.25) is 0 Å². The molecule has 0 spiro atoms. The van der Waals surface area contributed by atoms with E-state index in [9.17, 15) is 0 Å². The van der Waals surface area contributed by atoms with Crippen molar-refractivity contribution in [3.8, 4) is 0 Å². The Hall–Kier alpha value is 0.0169. The summed E-state index contributed by atoms with van der Waals surface area (Å²) in [6.45, 7) is 2.16. The van der Waals surface area contributed by atoms with Gasteiger partial charge < -0.3 is 0 Å². The van der Waals surface area contributed by atoms with E-state index >= 15 is 0 Å². The highest BCUT2D eigenvalue weighted by Gasteiger charge is 2.06. The molecule has 0 amide bonds. The van der Waals surface area contributed by atoms with Crippen LogP contribution < -0.4 is 0 Å². The lowest BCUT2D eigenvalue weighted by Gasteiger charge is -2.07. The van der Waals surface area contributed by atoms with Crippen LogP contribution in [0.5, 0.6) is 0 Å². The van der Waals surface area contributed by atoms with Gasteiger partial charge >= 0.3 is 0 Å². The Morgan fingerprint density at radius 1 is 1.36 bits per heavy atom. The van der Waals surface area contributed by atoms with Crippen LogP contribution in [-0.2, 0) is 0 Å². The largest absolute Gasteiger partial charge is 0.0827 e. The van der Waals surface area contributed by atoms with E-state index in [0.717, 1.165) is 15.3 Å². The molecule has 0 N–H and O–H groups in total. The topological polar surface area (TPSA) is 0 Å². The smallest absolute Gasteiger partial charge is 0.0623 e. The molecule has 0 heterocycles. The molecule has 1 aromatic rings. The van der Waals surface area contributed by atoms with Crippen LogP contribution in [0, 0.1) is 0 Å². The van der Waals surface area contributed by atoms with Gasteiger partial charge in [-0.05, 0) is 17.2 Å². The number of hydrogen-bond acceptors (Lipinski definition) is 0. The molecule has 0 aliphatic carbocycles. The summed E-state index contributed by atoms with van der Waals surface area (Å²) < 4.78 is 0. The minimum Gasteiger partial charge on any atom is -0.0827 e. The summed E-state index contributed by atoms with van der Waals surface area (Å²) in [5.41, 5.74) is 1.74. The lowest BCUT2D eigenvalue weighted by molar-refractivity contribution is 1.08. The lowest BCUT2D eigenvalue weighted by Crippen LogP contribution is -1.92. The van der Waals surface area contributed by atoms with Crippen molar-refractivity contribution >= 4 is 33.4 Å². The summed E-state index contributed by atoms with van der Waals surface area (Å²) in [6, 6.07) is 5.79. The molecule has 0 aliphatic rings. The third-order valence-electron chi connectivity index (χ3n) is 1.60. The maximum Gasteiger partial charge on any atom is 0.0623 e. The van der Waals surface area contributed by atoms with E-state index in [-0.39, 0.29) is 0 Å². The lowest BCUT2D eigenvalue weighted by atomic mass is 10.2. The van der Waals surface area contributed by atoms with Gasteiger partial charge in [0.15, 0.2) is 0 Å². The van der Waals surface area contributed by atoms with E-state index in [1.807, 2.05) is 18.2 Å². The molecule has 1 unspecified atom stereocenters. The van der Waals surface area contributed by atoms with Crippen molar-refractivity contribution in [1.29, 1.82) is 0 Å². The Morgan fingerprint density at radius 3 is 2.45 bits per heavy atom. The summed E-state index contributed by atoms with van der Waals surface area (Å²) in [4.78, 5) is 0. The standard InChI is InChI=1S/C8H10Cl2Si/c1-5(11)6-3-2-4-7(9)8(6)10/h2-5H,1,11H3. The first-order valence-corrected chi connectivity index (χ1v) is 5.48. The Labute approximate surface area is 79.9 Å². The van der Waals surface area contributed by atoms with Gasteiger partial charge in [-0.2, -0.15) is 0 Å². The van der Waals surface area contributed by atoms with Crippen LogP contribution in [-0.4, -0.2) is 10.2 Å². The van der Waals surface area contributed by atoms with Crippen LogP contribution in [0.25, 0.3) is 0 Å². The number of benzene rings is 1. The van der Waals surface area contributed by atoms with E-state index in [4.69, 9.17) is 23.2 Å². The fourth-order valence-electron chi connectivity index (χ4n) is 0.966. The van der Waals surface area contributed by atoms with Crippen LogP contribution in [0.4, 0.5) is 0 Å². The van der Waals surface area contributed by atoms with Crippen molar-refractivity contribution in [1.82, 2.24) is 0 Å². The molecule has 0 radical (unpaired) electrons. The van der Waals surface area contributed by atoms with E-state index in [0.29, 0.717) is 10.6 Å². The summed E-state index contributed by atoms with van der Waals surface area (Å²) in [6.07, 6.45) is 0. The molecule has 0 aromatic heterocycles. The van der Waals surface area contributed by atoms with Crippen LogP contribution in [0.15, 0.2) is 18.2 Å². The molecule has 0 aliphatic heterocycles. The van der Waals surface area contributed by atoms with E-state index in [2.05, 4.69) is 6.92 Å². The molecule has 3 heteroatoms. The minimum atomic E-state index is 0.571. The molecular formula is C8H10Cl2Si. The first-order chi connectivity index (χ1) is 5.13. The third-order valence-corrected chi connectivity index (χ3v) is 3.06. The molecule has 1 atom stereocenters. The first-order valence-electron chi connectivity index (χ1n) is 3.57. The molecule has 0 saturated heterocycles. The molecule has 0 fully saturated rings. The van der Waals surface area contributed by atoms with E-state index < -0.39 is 0 Å². The first kappa shape index (κ1) is 9.11. The van der Waals surface area contributed by atoms with Gasteiger partial charge in [-0.1, -0.05) is 42.3 Å². The highest BCUT2D eigenvalue weighted by atomic mass is 35.5. The monoisotopic (exact) mass is 204 g/mol. The summed E-state index contributed by atoms with van der Waals surface area (Å²) in [5, 5.41) is 1.38. The maximum absolute atomic E-state index is 5.98. The van der Waals surface area contributed by atoms with Gasteiger partial charge in [0.25, 0.3) is 0 Å². The fraction of sp³-hybridized carbons (Fsp3) is 0.250. The molecule has 60 valence electrons. The Kier molecular flexibility index (Phi) is 2.99. The zero-order valence-corrected chi connectivity index (χ0v) is 10.1. The Balaban J connectivity index is 3.17. The second-order valence-corrected chi connectivity index (χ2v) is 5.31. The zero-order chi connectivity index (χ0) is 8.43. The summed E-state index contributed by atoms with van der Waals surface area (Å²) in [5.74, 6) is 0. The quantitative estimate of drug-likeness (QED) is 0.617. The third kappa shape index (κ3) is 1.98. The van der Waals surface area contributed by atoms with Crippen molar-refractivity contribution < 1.29 is 0 Å². The van der Waals surface area contributed by atoms with E-state index in [1.165, 1.54) is 5.56 Å². The molecule has 1 rings (SSSR count). The van der Waals surface area contributed by atoms with Crippen molar-refractivity contribution in [2.24, 2.45) is 0 Å².